The molecule has 0 bridgehead atoms. The first-order valence-corrected chi connectivity index (χ1v) is 5.99. The predicted octanol–water partition coefficient (Wildman–Crippen LogP) is 2.11. The van der Waals surface area contributed by atoms with E-state index >= 15 is 0 Å². The zero-order valence-corrected chi connectivity index (χ0v) is 11.3. The van der Waals surface area contributed by atoms with Crippen molar-refractivity contribution < 1.29 is 18.0 Å². The van der Waals surface area contributed by atoms with Gasteiger partial charge in [0.05, 0.1) is 17.4 Å². The number of aryl methyl sites for hydroxylation is 2. The monoisotopic (exact) mass is 298 g/mol. The van der Waals surface area contributed by atoms with Crippen molar-refractivity contribution in [3.63, 3.8) is 0 Å². The number of nitrogens with two attached hydrogens (primary N) is 1. The van der Waals surface area contributed by atoms with Crippen LogP contribution in [0, 0.1) is 13.8 Å². The Morgan fingerprint density at radius 3 is 2.29 bits per heavy atom. The molecule has 0 aliphatic carbocycles. The quantitative estimate of drug-likeness (QED) is 0.506. The Morgan fingerprint density at radius 2 is 1.81 bits per heavy atom. The van der Waals surface area contributed by atoms with E-state index in [1.54, 1.807) is 31.4 Å². The fourth-order valence-corrected chi connectivity index (χ4v) is 2.13. The minimum atomic E-state index is -4.74. The average molecular weight is 298 g/mol. The lowest BCUT2D eigenvalue weighted by Gasteiger charge is -2.13. The van der Waals surface area contributed by atoms with Crippen molar-refractivity contribution in [2.24, 2.45) is 5.84 Å². The summed E-state index contributed by atoms with van der Waals surface area (Å²) in [4.78, 5) is 11.5. The molecule has 0 atom stereocenters. The molecular weight excluding hydrogens is 285 g/mol. The van der Waals surface area contributed by atoms with Gasteiger partial charge in [0.2, 0.25) is 0 Å². The highest BCUT2D eigenvalue weighted by Crippen LogP contribution is 2.33. The fraction of sp³-hybridized carbons (Fsp3) is 0.231. The number of halogens is 3. The number of rotatable bonds is 2. The number of alkyl halides is 3. The summed E-state index contributed by atoms with van der Waals surface area (Å²) < 4.78 is 40.4. The second-order valence-electron chi connectivity index (χ2n) is 4.64. The first kappa shape index (κ1) is 15.0. The highest BCUT2D eigenvalue weighted by Gasteiger charge is 2.40. The third-order valence-electron chi connectivity index (χ3n) is 2.86. The molecule has 21 heavy (non-hydrogen) atoms. The van der Waals surface area contributed by atoms with Crippen LogP contribution >= 0.6 is 0 Å². The topological polar surface area (TPSA) is 72.9 Å². The van der Waals surface area contributed by atoms with E-state index in [0.717, 1.165) is 17.3 Å². The number of hydrogen-bond donors (Lipinski definition) is 2. The predicted molar refractivity (Wildman–Crippen MR) is 69.7 cm³/mol. The Balaban J connectivity index is 2.69. The number of nitrogens with one attached hydrogen (secondary N) is 1. The highest BCUT2D eigenvalue weighted by atomic mass is 19.4. The van der Waals surface area contributed by atoms with Gasteiger partial charge in [-0.2, -0.15) is 18.3 Å². The Bertz CT molecular complexity index is 671. The normalized spacial score (nSPS) is 11.5. The van der Waals surface area contributed by atoms with Gasteiger partial charge in [-0.3, -0.25) is 10.2 Å². The molecule has 0 fully saturated rings. The standard InChI is InChI=1S/C13H13F3N4O/c1-7-3-8(2)5-9(4-7)20-11(13(14,15)16)10(6-18-20)12(21)19-17/h3-6H,17H2,1-2H3,(H,19,21). The number of hydrazine groups is 1. The lowest BCUT2D eigenvalue weighted by atomic mass is 10.1. The van der Waals surface area contributed by atoms with Gasteiger partial charge in [0, 0.05) is 0 Å². The lowest BCUT2D eigenvalue weighted by Crippen LogP contribution is -2.31. The third kappa shape index (κ3) is 2.89. The van der Waals surface area contributed by atoms with E-state index in [1.165, 1.54) is 0 Å². The van der Waals surface area contributed by atoms with Crippen LogP contribution in [0.4, 0.5) is 13.2 Å². The average Bonchev–Trinajstić information content (AvgIpc) is 2.81. The van der Waals surface area contributed by atoms with Crippen molar-refractivity contribution in [2.45, 2.75) is 20.0 Å². The smallest absolute Gasteiger partial charge is 0.290 e. The van der Waals surface area contributed by atoms with Gasteiger partial charge < -0.3 is 0 Å². The number of nitrogens with zero attached hydrogens (tertiary/aromatic N) is 2. The maximum atomic E-state index is 13.2. The van der Waals surface area contributed by atoms with Crippen LogP contribution in [0.5, 0.6) is 0 Å². The Morgan fingerprint density at radius 1 is 1.24 bits per heavy atom. The molecule has 2 rings (SSSR count). The van der Waals surface area contributed by atoms with Crippen LogP contribution in [-0.4, -0.2) is 15.7 Å². The van der Waals surface area contributed by atoms with Crippen LogP contribution in [0.1, 0.15) is 27.2 Å². The van der Waals surface area contributed by atoms with E-state index in [2.05, 4.69) is 5.10 Å². The molecule has 0 spiro atoms. The Labute approximate surface area is 118 Å². The van der Waals surface area contributed by atoms with Gasteiger partial charge in [-0.15, -0.1) is 0 Å². The largest absolute Gasteiger partial charge is 0.434 e. The molecule has 2 aromatic rings. The lowest BCUT2D eigenvalue weighted by molar-refractivity contribution is -0.143. The van der Waals surface area contributed by atoms with Gasteiger partial charge in [0.15, 0.2) is 5.69 Å². The van der Waals surface area contributed by atoms with Crippen LogP contribution in [0.2, 0.25) is 0 Å². The van der Waals surface area contributed by atoms with E-state index in [-0.39, 0.29) is 5.69 Å². The number of carbonyl (C=O) groups is 1. The van der Waals surface area contributed by atoms with E-state index in [4.69, 9.17) is 5.84 Å². The SMILES string of the molecule is Cc1cc(C)cc(-n2ncc(C(=O)NN)c2C(F)(F)F)c1. The fourth-order valence-electron chi connectivity index (χ4n) is 2.13. The molecule has 0 aliphatic heterocycles. The minimum Gasteiger partial charge on any atom is -0.290 e. The van der Waals surface area contributed by atoms with Crippen molar-refractivity contribution in [2.75, 3.05) is 0 Å². The first-order valence-electron chi connectivity index (χ1n) is 5.99. The number of amides is 1. The van der Waals surface area contributed by atoms with E-state index in [1.807, 2.05) is 6.07 Å². The van der Waals surface area contributed by atoms with Crippen molar-refractivity contribution in [3.8, 4) is 5.69 Å². The minimum absolute atomic E-state index is 0.232. The van der Waals surface area contributed by atoms with Crippen LogP contribution in [0.3, 0.4) is 0 Å². The van der Waals surface area contributed by atoms with Gasteiger partial charge in [-0.05, 0) is 37.1 Å². The molecule has 5 nitrogen and oxygen atoms in total. The number of aromatic nitrogens is 2. The van der Waals surface area contributed by atoms with Gasteiger partial charge >= 0.3 is 6.18 Å². The summed E-state index contributed by atoms with van der Waals surface area (Å²) in [5.74, 6) is 3.86. The van der Waals surface area contributed by atoms with Crippen LogP contribution in [0.25, 0.3) is 5.69 Å². The highest BCUT2D eigenvalue weighted by molar-refractivity contribution is 5.95. The second kappa shape index (κ2) is 5.21. The number of carbonyl (C=O) groups excluding carboxylic acids is 1. The van der Waals surface area contributed by atoms with Crippen molar-refractivity contribution >= 4 is 5.91 Å². The summed E-state index contributed by atoms with van der Waals surface area (Å²) >= 11 is 0. The summed E-state index contributed by atoms with van der Waals surface area (Å²) in [5.41, 5.74) is 1.72. The van der Waals surface area contributed by atoms with E-state index in [0.29, 0.717) is 4.68 Å². The van der Waals surface area contributed by atoms with Crippen LogP contribution < -0.4 is 11.3 Å². The molecule has 0 unspecified atom stereocenters. The zero-order chi connectivity index (χ0) is 15.8. The van der Waals surface area contributed by atoms with Crippen molar-refractivity contribution in [1.29, 1.82) is 0 Å². The van der Waals surface area contributed by atoms with Crippen LogP contribution in [-0.2, 0) is 6.18 Å². The molecule has 0 saturated carbocycles. The molecule has 1 aromatic heterocycles. The molecule has 0 radical (unpaired) electrons. The van der Waals surface area contributed by atoms with Crippen molar-refractivity contribution in [1.82, 2.24) is 15.2 Å². The molecule has 0 aliphatic rings. The molecular formula is C13H13F3N4O. The molecule has 8 heteroatoms. The molecule has 0 saturated heterocycles. The summed E-state index contributed by atoms with van der Waals surface area (Å²) in [6.07, 6.45) is -3.89. The van der Waals surface area contributed by atoms with Gasteiger partial charge in [-0.1, -0.05) is 6.07 Å². The second-order valence-corrected chi connectivity index (χ2v) is 4.64. The van der Waals surface area contributed by atoms with Gasteiger partial charge in [0.1, 0.15) is 0 Å². The summed E-state index contributed by atoms with van der Waals surface area (Å²) in [5, 5.41) is 3.68. The first-order chi connectivity index (χ1) is 9.74. The van der Waals surface area contributed by atoms with Gasteiger partial charge in [0.25, 0.3) is 5.91 Å². The Kier molecular flexibility index (Phi) is 3.73. The maximum Gasteiger partial charge on any atom is 0.434 e. The summed E-state index contributed by atoms with van der Waals surface area (Å²) in [6.45, 7) is 3.53. The molecule has 1 aromatic carbocycles. The van der Waals surface area contributed by atoms with Crippen molar-refractivity contribution in [3.05, 3.63) is 46.8 Å². The Hall–Kier alpha value is -2.35. The summed E-state index contributed by atoms with van der Waals surface area (Å²) in [7, 11) is 0. The molecule has 3 N–H and O–H groups in total. The molecule has 1 amide bonds. The zero-order valence-electron chi connectivity index (χ0n) is 11.3. The van der Waals surface area contributed by atoms with E-state index < -0.39 is 23.3 Å². The molecule has 112 valence electrons. The van der Waals surface area contributed by atoms with E-state index in [9.17, 15) is 18.0 Å². The summed E-state index contributed by atoms with van der Waals surface area (Å²) in [6, 6.07) is 4.94. The maximum absolute atomic E-state index is 13.2. The van der Waals surface area contributed by atoms with Crippen LogP contribution in [0.15, 0.2) is 24.4 Å². The third-order valence-corrected chi connectivity index (χ3v) is 2.86. The number of benzene rings is 1. The number of nitrogen functional groups attached to an aromatic ring is 1. The molecule has 1 heterocycles. The van der Waals surface area contributed by atoms with Gasteiger partial charge in [-0.25, -0.2) is 10.5 Å². The number of hydrogen-bond acceptors (Lipinski definition) is 3.